The summed E-state index contributed by atoms with van der Waals surface area (Å²) in [5.41, 5.74) is 1.42. The number of methoxy groups -OCH3 is 2. The molecule has 3 rings (SSSR count). The molecule has 7 heteroatoms. The van der Waals surface area contributed by atoms with Crippen molar-refractivity contribution in [1.29, 1.82) is 0 Å². The van der Waals surface area contributed by atoms with Gasteiger partial charge < -0.3 is 19.5 Å². The second kappa shape index (κ2) is 8.65. The third kappa shape index (κ3) is 4.03. The van der Waals surface area contributed by atoms with Crippen molar-refractivity contribution in [3.8, 4) is 17.2 Å². The van der Waals surface area contributed by atoms with Gasteiger partial charge in [0.05, 0.1) is 19.9 Å². The Morgan fingerprint density at radius 2 is 1.96 bits per heavy atom. The molecule has 2 amide bonds. The number of fused-ring (bicyclic) bond motifs is 1. The molecular formula is C21H24N2O5. The van der Waals surface area contributed by atoms with Crippen molar-refractivity contribution in [1.82, 2.24) is 5.32 Å². The number of carbonyl (C=O) groups is 2. The molecule has 2 aromatic carbocycles. The zero-order valence-corrected chi connectivity index (χ0v) is 16.2. The molecule has 0 radical (unpaired) electrons. The molecule has 0 fully saturated rings. The van der Waals surface area contributed by atoms with Gasteiger partial charge in [0.25, 0.3) is 5.91 Å². The molecule has 1 N–H and O–H groups in total. The summed E-state index contributed by atoms with van der Waals surface area (Å²) in [6.45, 7) is 2.09. The van der Waals surface area contributed by atoms with Crippen LogP contribution >= 0.6 is 0 Å². The van der Waals surface area contributed by atoms with Crippen LogP contribution in [0.4, 0.5) is 5.69 Å². The molecule has 2 aromatic rings. The lowest BCUT2D eigenvalue weighted by Gasteiger charge is -2.33. The zero-order valence-electron chi connectivity index (χ0n) is 16.2. The Balaban J connectivity index is 1.70. The van der Waals surface area contributed by atoms with Gasteiger partial charge in [-0.05, 0) is 30.7 Å². The Hall–Kier alpha value is -3.22. The average molecular weight is 384 g/mol. The van der Waals surface area contributed by atoms with Gasteiger partial charge in [-0.2, -0.15) is 0 Å². The van der Waals surface area contributed by atoms with Gasteiger partial charge in [0.2, 0.25) is 5.91 Å². The maximum Gasteiger partial charge on any atom is 0.268 e. The van der Waals surface area contributed by atoms with E-state index in [1.165, 1.54) is 4.90 Å². The van der Waals surface area contributed by atoms with Crippen molar-refractivity contribution in [2.24, 2.45) is 0 Å². The fourth-order valence-electron chi connectivity index (χ4n) is 3.09. The monoisotopic (exact) mass is 384 g/mol. The van der Waals surface area contributed by atoms with Crippen LogP contribution in [-0.2, 0) is 16.1 Å². The first-order valence-electron chi connectivity index (χ1n) is 9.12. The van der Waals surface area contributed by atoms with E-state index in [0.29, 0.717) is 29.4 Å². The first-order chi connectivity index (χ1) is 13.6. The maximum absolute atomic E-state index is 12.7. The molecule has 0 aliphatic carbocycles. The highest BCUT2D eigenvalue weighted by Gasteiger charge is 2.34. The Morgan fingerprint density at radius 1 is 1.18 bits per heavy atom. The smallest absolute Gasteiger partial charge is 0.268 e. The lowest BCUT2D eigenvalue weighted by molar-refractivity contribution is -0.129. The lowest BCUT2D eigenvalue weighted by atomic mass is 10.1. The van der Waals surface area contributed by atoms with Crippen molar-refractivity contribution < 1.29 is 23.8 Å². The summed E-state index contributed by atoms with van der Waals surface area (Å²) in [5, 5.41) is 2.85. The number of amides is 2. The largest absolute Gasteiger partial charge is 0.497 e. The zero-order chi connectivity index (χ0) is 20.1. The van der Waals surface area contributed by atoms with E-state index in [1.807, 2.05) is 25.1 Å². The van der Waals surface area contributed by atoms with Gasteiger partial charge in [0.15, 0.2) is 6.10 Å². The summed E-state index contributed by atoms with van der Waals surface area (Å²) in [6, 6.07) is 12.6. The van der Waals surface area contributed by atoms with E-state index in [0.717, 1.165) is 5.56 Å². The third-order valence-corrected chi connectivity index (χ3v) is 4.61. The summed E-state index contributed by atoms with van der Waals surface area (Å²) >= 11 is 0. The molecule has 0 saturated heterocycles. The Labute approximate surface area is 164 Å². The highest BCUT2D eigenvalue weighted by molar-refractivity contribution is 6.03. The molecule has 0 aromatic heterocycles. The summed E-state index contributed by atoms with van der Waals surface area (Å²) in [6.07, 6.45) is -0.0432. The van der Waals surface area contributed by atoms with Crippen LogP contribution in [0, 0.1) is 0 Å². The number of para-hydroxylation sites is 2. The number of carbonyl (C=O) groups excluding carboxylic acids is 2. The highest BCUT2D eigenvalue weighted by atomic mass is 16.5. The van der Waals surface area contributed by atoms with Crippen LogP contribution in [0.15, 0.2) is 42.5 Å². The second-order valence-electron chi connectivity index (χ2n) is 6.36. The van der Waals surface area contributed by atoms with Gasteiger partial charge in [0, 0.05) is 18.2 Å². The van der Waals surface area contributed by atoms with E-state index in [9.17, 15) is 9.59 Å². The van der Waals surface area contributed by atoms with E-state index in [4.69, 9.17) is 14.2 Å². The van der Waals surface area contributed by atoms with Crippen molar-refractivity contribution in [3.63, 3.8) is 0 Å². The Morgan fingerprint density at radius 3 is 2.68 bits per heavy atom. The molecule has 0 unspecified atom stereocenters. The summed E-state index contributed by atoms with van der Waals surface area (Å²) < 4.78 is 16.3. The molecule has 7 nitrogen and oxygen atoms in total. The summed E-state index contributed by atoms with van der Waals surface area (Å²) in [7, 11) is 3.14. The minimum absolute atomic E-state index is 0.0752. The summed E-state index contributed by atoms with van der Waals surface area (Å²) in [4.78, 5) is 26.7. The van der Waals surface area contributed by atoms with Gasteiger partial charge in [-0.1, -0.05) is 19.1 Å². The van der Waals surface area contributed by atoms with E-state index in [2.05, 4.69) is 5.32 Å². The van der Waals surface area contributed by atoms with Crippen LogP contribution in [0.5, 0.6) is 17.2 Å². The predicted octanol–water partition coefficient (Wildman–Crippen LogP) is 2.52. The van der Waals surface area contributed by atoms with Crippen LogP contribution in [0.3, 0.4) is 0 Å². The highest BCUT2D eigenvalue weighted by Crippen LogP contribution is 2.34. The normalized spacial score (nSPS) is 15.5. The van der Waals surface area contributed by atoms with Gasteiger partial charge in [-0.25, -0.2) is 0 Å². The molecule has 0 bridgehead atoms. The van der Waals surface area contributed by atoms with Gasteiger partial charge in [-0.15, -0.1) is 0 Å². The quantitative estimate of drug-likeness (QED) is 0.794. The molecule has 1 aliphatic heterocycles. The molecule has 1 aliphatic rings. The van der Waals surface area contributed by atoms with Gasteiger partial charge >= 0.3 is 0 Å². The van der Waals surface area contributed by atoms with Crippen LogP contribution < -0.4 is 24.4 Å². The number of hydrogen-bond donors (Lipinski definition) is 1. The molecular weight excluding hydrogens is 360 g/mol. The van der Waals surface area contributed by atoms with Crippen molar-refractivity contribution in [2.75, 3.05) is 25.7 Å². The van der Waals surface area contributed by atoms with Gasteiger partial charge in [-0.3, -0.25) is 14.5 Å². The van der Waals surface area contributed by atoms with Crippen LogP contribution in [0.1, 0.15) is 18.9 Å². The topological polar surface area (TPSA) is 77.1 Å². The Kier molecular flexibility index (Phi) is 6.03. The fourth-order valence-corrected chi connectivity index (χ4v) is 3.09. The SMILES string of the molecule is CC[C@@H]1Oc2ccccc2N(CC(=O)NCc2ccc(OC)cc2OC)C1=O. The first kappa shape index (κ1) is 19.5. The molecule has 28 heavy (non-hydrogen) atoms. The van der Waals surface area contributed by atoms with E-state index in [1.54, 1.807) is 38.5 Å². The van der Waals surface area contributed by atoms with Gasteiger partial charge in [0.1, 0.15) is 23.8 Å². The summed E-state index contributed by atoms with van der Waals surface area (Å²) in [5.74, 6) is 1.43. The third-order valence-electron chi connectivity index (χ3n) is 4.61. The van der Waals surface area contributed by atoms with Crippen LogP contribution in [0.2, 0.25) is 0 Å². The molecule has 0 saturated carbocycles. The first-order valence-corrected chi connectivity index (χ1v) is 9.12. The fraction of sp³-hybridized carbons (Fsp3) is 0.333. The van der Waals surface area contributed by atoms with Crippen molar-refractivity contribution in [3.05, 3.63) is 48.0 Å². The second-order valence-corrected chi connectivity index (χ2v) is 6.36. The molecule has 1 atom stereocenters. The number of rotatable bonds is 7. The average Bonchev–Trinajstić information content (AvgIpc) is 2.73. The van der Waals surface area contributed by atoms with E-state index < -0.39 is 6.10 Å². The minimum Gasteiger partial charge on any atom is -0.497 e. The molecule has 0 spiro atoms. The van der Waals surface area contributed by atoms with E-state index in [-0.39, 0.29) is 24.9 Å². The van der Waals surface area contributed by atoms with Crippen molar-refractivity contribution >= 4 is 17.5 Å². The Bertz CT molecular complexity index is 868. The lowest BCUT2D eigenvalue weighted by Crippen LogP contribution is -2.49. The number of benzene rings is 2. The maximum atomic E-state index is 12.7. The molecule has 1 heterocycles. The van der Waals surface area contributed by atoms with Crippen LogP contribution in [0.25, 0.3) is 0 Å². The number of nitrogens with zero attached hydrogens (tertiary/aromatic N) is 1. The predicted molar refractivity (Wildman–Crippen MR) is 105 cm³/mol. The van der Waals surface area contributed by atoms with Crippen molar-refractivity contribution in [2.45, 2.75) is 26.0 Å². The number of anilines is 1. The number of hydrogen-bond acceptors (Lipinski definition) is 5. The number of ether oxygens (including phenoxy) is 3. The standard InChI is InChI=1S/C21H24N2O5/c1-4-17-21(25)23(16-7-5-6-8-18(16)28-17)13-20(24)22-12-14-9-10-15(26-2)11-19(14)27-3/h5-11,17H,4,12-13H2,1-3H3,(H,22,24)/t17-/m0/s1. The minimum atomic E-state index is -0.579. The molecule has 148 valence electrons. The number of nitrogens with one attached hydrogen (secondary N) is 1. The van der Waals surface area contributed by atoms with E-state index >= 15 is 0 Å². The van der Waals surface area contributed by atoms with Crippen LogP contribution in [-0.4, -0.2) is 38.7 Å².